The number of rotatable bonds is 5. The molecule has 2 heterocycles. The number of thioether (sulfide) groups is 1. The second-order valence-corrected chi connectivity index (χ2v) is 8.15. The van der Waals surface area contributed by atoms with E-state index in [1.807, 2.05) is 13.8 Å². The van der Waals surface area contributed by atoms with Gasteiger partial charge in [0.1, 0.15) is 4.83 Å². The van der Waals surface area contributed by atoms with Crippen LogP contribution in [-0.2, 0) is 11.8 Å². The molecular weight excluding hydrogens is 384 g/mol. The number of nitrogens with one attached hydrogen (secondary N) is 1. The zero-order valence-corrected chi connectivity index (χ0v) is 16.7. The first-order valence-electron chi connectivity index (χ1n) is 8.07. The summed E-state index contributed by atoms with van der Waals surface area (Å²) in [6, 6.07) is 6.32. The van der Waals surface area contributed by atoms with Gasteiger partial charge < -0.3 is 11.1 Å². The van der Waals surface area contributed by atoms with Gasteiger partial charge in [-0.3, -0.25) is 19.0 Å². The summed E-state index contributed by atoms with van der Waals surface area (Å²) >= 11 is 2.68. The number of thiophene rings is 1. The van der Waals surface area contributed by atoms with Gasteiger partial charge in [0.05, 0.1) is 11.1 Å². The molecular formula is C18H18N4O3S2. The van der Waals surface area contributed by atoms with E-state index in [1.165, 1.54) is 27.7 Å². The van der Waals surface area contributed by atoms with Crippen molar-refractivity contribution in [1.82, 2.24) is 9.55 Å². The van der Waals surface area contributed by atoms with Crippen LogP contribution in [0, 0.1) is 13.8 Å². The van der Waals surface area contributed by atoms with Crippen molar-refractivity contribution in [1.29, 1.82) is 0 Å². The van der Waals surface area contributed by atoms with Crippen molar-refractivity contribution in [3.05, 3.63) is 50.6 Å². The maximum Gasteiger partial charge on any atom is 0.262 e. The molecule has 140 valence electrons. The molecule has 0 aliphatic carbocycles. The number of hydrogen-bond acceptors (Lipinski definition) is 6. The largest absolute Gasteiger partial charge is 0.366 e. The average Bonchev–Trinajstić information content (AvgIpc) is 2.91. The fourth-order valence-electron chi connectivity index (χ4n) is 2.53. The lowest BCUT2D eigenvalue weighted by atomic mass is 10.2. The van der Waals surface area contributed by atoms with Gasteiger partial charge in [0.15, 0.2) is 5.16 Å². The van der Waals surface area contributed by atoms with Crippen LogP contribution in [0.5, 0.6) is 0 Å². The summed E-state index contributed by atoms with van der Waals surface area (Å²) < 4.78 is 1.47. The van der Waals surface area contributed by atoms with Crippen molar-refractivity contribution in [2.24, 2.45) is 12.8 Å². The van der Waals surface area contributed by atoms with Crippen LogP contribution in [0.4, 0.5) is 5.69 Å². The van der Waals surface area contributed by atoms with E-state index in [0.29, 0.717) is 26.6 Å². The third-order valence-corrected chi connectivity index (χ3v) is 6.29. The van der Waals surface area contributed by atoms with E-state index < -0.39 is 5.91 Å². The Morgan fingerprint density at radius 1 is 1.26 bits per heavy atom. The van der Waals surface area contributed by atoms with Gasteiger partial charge >= 0.3 is 0 Å². The van der Waals surface area contributed by atoms with Crippen molar-refractivity contribution >= 4 is 50.8 Å². The van der Waals surface area contributed by atoms with E-state index in [1.54, 1.807) is 31.3 Å². The van der Waals surface area contributed by atoms with Gasteiger partial charge in [-0.05, 0) is 43.7 Å². The van der Waals surface area contributed by atoms with E-state index in [0.717, 1.165) is 10.4 Å². The van der Waals surface area contributed by atoms with Crippen molar-refractivity contribution in [2.45, 2.75) is 19.0 Å². The smallest absolute Gasteiger partial charge is 0.262 e. The molecule has 0 saturated carbocycles. The summed E-state index contributed by atoms with van der Waals surface area (Å²) in [4.78, 5) is 42.1. The fourth-order valence-corrected chi connectivity index (χ4v) is 4.37. The third-order valence-electron chi connectivity index (χ3n) is 4.15. The minimum atomic E-state index is -0.523. The zero-order valence-electron chi connectivity index (χ0n) is 15.0. The number of primary amides is 1. The number of anilines is 1. The van der Waals surface area contributed by atoms with Crippen LogP contribution < -0.4 is 16.6 Å². The number of aryl methyl sites for hydroxylation is 2. The Kier molecular flexibility index (Phi) is 5.33. The normalized spacial score (nSPS) is 10.9. The summed E-state index contributed by atoms with van der Waals surface area (Å²) in [7, 11) is 1.66. The van der Waals surface area contributed by atoms with Gasteiger partial charge in [-0.2, -0.15) is 0 Å². The molecule has 2 aromatic heterocycles. The summed E-state index contributed by atoms with van der Waals surface area (Å²) in [5.74, 6) is -0.656. The Balaban J connectivity index is 1.72. The Bertz CT molecular complexity index is 1100. The second kappa shape index (κ2) is 7.53. The second-order valence-electron chi connectivity index (χ2n) is 6.00. The van der Waals surface area contributed by atoms with Gasteiger partial charge in [0.25, 0.3) is 5.56 Å². The van der Waals surface area contributed by atoms with E-state index >= 15 is 0 Å². The minimum absolute atomic E-state index is 0.104. The molecule has 0 spiro atoms. The van der Waals surface area contributed by atoms with Gasteiger partial charge in [-0.15, -0.1) is 11.3 Å². The van der Waals surface area contributed by atoms with Crippen LogP contribution in [0.25, 0.3) is 10.2 Å². The predicted octanol–water partition coefficient (Wildman–Crippen LogP) is 2.44. The highest BCUT2D eigenvalue weighted by Gasteiger charge is 2.15. The molecule has 0 radical (unpaired) electrons. The van der Waals surface area contributed by atoms with Gasteiger partial charge in [-0.25, -0.2) is 4.98 Å². The standard InChI is InChI=1S/C18H18N4O3S2/c1-9-10(2)27-16-14(9)17(25)22(3)18(21-16)26-8-13(23)20-12-6-4-11(5-7-12)15(19)24/h4-7H,8H2,1-3H3,(H2,19,24)(H,20,23). The maximum atomic E-state index is 12.6. The monoisotopic (exact) mass is 402 g/mol. The summed E-state index contributed by atoms with van der Waals surface area (Å²) in [6.45, 7) is 3.88. The molecule has 9 heteroatoms. The highest BCUT2D eigenvalue weighted by molar-refractivity contribution is 7.99. The number of nitrogens with two attached hydrogens (primary N) is 1. The molecule has 3 rings (SSSR count). The van der Waals surface area contributed by atoms with Gasteiger partial charge in [0.2, 0.25) is 11.8 Å². The number of amides is 2. The first-order chi connectivity index (χ1) is 12.8. The van der Waals surface area contributed by atoms with Crippen LogP contribution in [0.3, 0.4) is 0 Å². The quantitative estimate of drug-likeness (QED) is 0.503. The molecule has 0 aliphatic heterocycles. The van der Waals surface area contributed by atoms with Gasteiger partial charge in [0, 0.05) is 23.2 Å². The first-order valence-corrected chi connectivity index (χ1v) is 9.87. The van der Waals surface area contributed by atoms with Crippen LogP contribution in [-0.4, -0.2) is 27.1 Å². The lowest BCUT2D eigenvalue weighted by Gasteiger charge is -2.08. The Morgan fingerprint density at radius 2 is 1.93 bits per heavy atom. The molecule has 0 unspecified atom stereocenters. The highest BCUT2D eigenvalue weighted by Crippen LogP contribution is 2.28. The van der Waals surface area contributed by atoms with Crippen LogP contribution in [0.2, 0.25) is 0 Å². The summed E-state index contributed by atoms with van der Waals surface area (Å²) in [5.41, 5.74) is 6.97. The van der Waals surface area contributed by atoms with E-state index in [2.05, 4.69) is 10.3 Å². The topological polar surface area (TPSA) is 107 Å². The molecule has 1 aromatic carbocycles. The molecule has 27 heavy (non-hydrogen) atoms. The number of carbonyl (C=O) groups is 2. The first kappa shape index (κ1) is 19.1. The van der Waals surface area contributed by atoms with Crippen LogP contribution in [0.15, 0.2) is 34.2 Å². The highest BCUT2D eigenvalue weighted by atomic mass is 32.2. The Labute approximate surface area is 163 Å². The van der Waals surface area contributed by atoms with Crippen LogP contribution >= 0.6 is 23.1 Å². The molecule has 3 N–H and O–H groups in total. The molecule has 7 nitrogen and oxygen atoms in total. The Morgan fingerprint density at radius 3 is 2.56 bits per heavy atom. The van der Waals surface area contributed by atoms with Crippen LogP contribution in [0.1, 0.15) is 20.8 Å². The minimum Gasteiger partial charge on any atom is -0.366 e. The van der Waals surface area contributed by atoms with Crippen molar-refractivity contribution in [3.8, 4) is 0 Å². The number of fused-ring (bicyclic) bond motifs is 1. The lowest BCUT2D eigenvalue weighted by Crippen LogP contribution is -2.21. The number of benzene rings is 1. The number of nitrogens with zero attached hydrogens (tertiary/aromatic N) is 2. The zero-order chi connectivity index (χ0) is 19.7. The van der Waals surface area contributed by atoms with Gasteiger partial charge in [-0.1, -0.05) is 11.8 Å². The molecule has 0 saturated heterocycles. The van der Waals surface area contributed by atoms with E-state index in [-0.39, 0.29) is 17.2 Å². The summed E-state index contributed by atoms with van der Waals surface area (Å²) in [5, 5.41) is 3.87. The molecule has 2 amide bonds. The number of hydrogen-bond donors (Lipinski definition) is 2. The average molecular weight is 403 g/mol. The molecule has 3 aromatic rings. The van der Waals surface area contributed by atoms with E-state index in [4.69, 9.17) is 5.73 Å². The predicted molar refractivity (Wildman–Crippen MR) is 109 cm³/mol. The fraction of sp³-hybridized carbons (Fsp3) is 0.222. The van der Waals surface area contributed by atoms with Crippen molar-refractivity contribution in [2.75, 3.05) is 11.1 Å². The number of carbonyl (C=O) groups excluding carboxylic acids is 2. The van der Waals surface area contributed by atoms with Crippen molar-refractivity contribution in [3.63, 3.8) is 0 Å². The lowest BCUT2D eigenvalue weighted by molar-refractivity contribution is -0.113. The third kappa shape index (κ3) is 3.88. The van der Waals surface area contributed by atoms with Crippen molar-refractivity contribution < 1.29 is 9.59 Å². The number of aromatic nitrogens is 2. The Hall–Kier alpha value is -2.65. The SMILES string of the molecule is Cc1sc2nc(SCC(=O)Nc3ccc(C(N)=O)cc3)n(C)c(=O)c2c1C. The molecule has 0 atom stereocenters. The van der Waals surface area contributed by atoms with E-state index in [9.17, 15) is 14.4 Å². The molecule has 0 fully saturated rings. The molecule has 0 aliphatic rings. The maximum absolute atomic E-state index is 12.6. The molecule has 0 bridgehead atoms. The summed E-state index contributed by atoms with van der Waals surface area (Å²) in [6.07, 6.45) is 0.